The minimum Gasteiger partial charge on any atom is -0.448 e. The largest absolute Gasteiger partial charge is 0.448 e. The van der Waals surface area contributed by atoms with Gasteiger partial charge in [-0.1, -0.05) is 48.0 Å². The topological polar surface area (TPSA) is 88.3 Å². The number of carbonyl (C=O) groups is 2. The summed E-state index contributed by atoms with van der Waals surface area (Å²) in [6.45, 7) is 1.67. The van der Waals surface area contributed by atoms with Crippen LogP contribution in [-0.2, 0) is 16.1 Å². The quantitative estimate of drug-likeness (QED) is 0.662. The number of pyridine rings is 1. The van der Waals surface area contributed by atoms with Crippen LogP contribution < -0.4 is 10.9 Å². The van der Waals surface area contributed by atoms with Crippen LogP contribution in [0.3, 0.4) is 0 Å². The van der Waals surface area contributed by atoms with Crippen LogP contribution in [-0.4, -0.2) is 23.0 Å². The number of halogens is 1. The second kappa shape index (κ2) is 8.05. The van der Waals surface area contributed by atoms with Crippen molar-refractivity contribution in [2.75, 3.05) is 0 Å². The third-order valence-electron chi connectivity index (χ3n) is 4.04. The molecule has 0 saturated heterocycles. The van der Waals surface area contributed by atoms with Crippen LogP contribution in [0.25, 0.3) is 10.8 Å². The number of carbonyl (C=O) groups excluding carboxylic acids is 2. The lowest BCUT2D eigenvalue weighted by molar-refractivity contribution is -0.129. The number of H-pyrrole nitrogens is 1. The molecule has 138 valence electrons. The molecule has 0 aliphatic heterocycles. The number of amides is 1. The van der Waals surface area contributed by atoms with Crippen LogP contribution >= 0.6 is 11.6 Å². The van der Waals surface area contributed by atoms with E-state index in [4.69, 9.17) is 16.3 Å². The Labute approximate surface area is 160 Å². The van der Waals surface area contributed by atoms with E-state index in [0.717, 1.165) is 5.56 Å². The van der Waals surface area contributed by atoms with Gasteiger partial charge < -0.3 is 15.0 Å². The van der Waals surface area contributed by atoms with Crippen molar-refractivity contribution in [2.24, 2.45) is 0 Å². The molecule has 0 fully saturated rings. The van der Waals surface area contributed by atoms with Gasteiger partial charge in [0.15, 0.2) is 6.10 Å². The van der Waals surface area contributed by atoms with Crippen molar-refractivity contribution in [1.82, 2.24) is 10.3 Å². The SMILES string of the molecule is C[C@@H](OC(=O)c1cc2ccccc2c(=O)[nH]1)C(=O)NCc1ccccc1Cl. The lowest BCUT2D eigenvalue weighted by Gasteiger charge is -2.14. The summed E-state index contributed by atoms with van der Waals surface area (Å²) in [6, 6.07) is 15.5. The molecule has 0 unspecified atom stereocenters. The number of benzene rings is 2. The van der Waals surface area contributed by atoms with Crippen molar-refractivity contribution >= 4 is 34.2 Å². The van der Waals surface area contributed by atoms with Gasteiger partial charge in [0.1, 0.15) is 5.69 Å². The normalized spacial score (nSPS) is 11.8. The van der Waals surface area contributed by atoms with Gasteiger partial charge in [0.05, 0.1) is 0 Å². The molecule has 2 aromatic carbocycles. The number of esters is 1. The number of fused-ring (bicyclic) bond motifs is 1. The predicted octanol–water partition coefficient (Wildman–Crippen LogP) is 3.04. The fourth-order valence-electron chi connectivity index (χ4n) is 2.57. The van der Waals surface area contributed by atoms with E-state index < -0.39 is 23.5 Å². The molecule has 1 amide bonds. The summed E-state index contributed by atoms with van der Waals surface area (Å²) in [6.07, 6.45) is -1.03. The first-order valence-corrected chi connectivity index (χ1v) is 8.67. The number of aromatic amines is 1. The van der Waals surface area contributed by atoms with Gasteiger partial charge in [0, 0.05) is 17.0 Å². The van der Waals surface area contributed by atoms with E-state index in [1.54, 1.807) is 42.5 Å². The molecule has 3 rings (SSSR count). The second-order valence-corrected chi connectivity index (χ2v) is 6.36. The summed E-state index contributed by atoms with van der Waals surface area (Å²) < 4.78 is 5.17. The first-order chi connectivity index (χ1) is 13.0. The third-order valence-corrected chi connectivity index (χ3v) is 4.41. The first kappa shape index (κ1) is 18.7. The van der Waals surface area contributed by atoms with Gasteiger partial charge in [-0.25, -0.2) is 4.79 Å². The molecule has 27 heavy (non-hydrogen) atoms. The van der Waals surface area contributed by atoms with Crippen LogP contribution in [0.2, 0.25) is 5.02 Å². The van der Waals surface area contributed by atoms with E-state index in [-0.39, 0.29) is 12.2 Å². The number of rotatable bonds is 5. The fourth-order valence-corrected chi connectivity index (χ4v) is 2.77. The van der Waals surface area contributed by atoms with Crippen molar-refractivity contribution in [1.29, 1.82) is 0 Å². The van der Waals surface area contributed by atoms with Gasteiger partial charge >= 0.3 is 5.97 Å². The Morgan fingerprint density at radius 2 is 1.85 bits per heavy atom. The second-order valence-electron chi connectivity index (χ2n) is 5.96. The highest BCUT2D eigenvalue weighted by Gasteiger charge is 2.20. The van der Waals surface area contributed by atoms with Crippen LogP contribution in [0, 0.1) is 0 Å². The van der Waals surface area contributed by atoms with Gasteiger partial charge in [0.25, 0.3) is 11.5 Å². The summed E-state index contributed by atoms with van der Waals surface area (Å²) in [4.78, 5) is 39.0. The Hall–Kier alpha value is -3.12. The molecule has 0 aliphatic rings. The number of aromatic nitrogens is 1. The number of hydrogen-bond donors (Lipinski definition) is 2. The fraction of sp³-hybridized carbons (Fsp3) is 0.150. The molecule has 0 bridgehead atoms. The smallest absolute Gasteiger partial charge is 0.355 e. The summed E-state index contributed by atoms with van der Waals surface area (Å²) in [5.41, 5.74) is 0.352. The Bertz CT molecular complexity index is 1060. The minimum atomic E-state index is -1.03. The highest BCUT2D eigenvalue weighted by molar-refractivity contribution is 6.31. The minimum absolute atomic E-state index is 0.00976. The summed E-state index contributed by atoms with van der Waals surface area (Å²) in [7, 11) is 0. The van der Waals surface area contributed by atoms with Crippen molar-refractivity contribution < 1.29 is 14.3 Å². The molecule has 3 aromatic rings. The standard InChI is InChI=1S/C20H17ClN2O4/c1-12(18(24)22-11-14-7-3-5-9-16(14)21)27-20(26)17-10-13-6-2-4-8-15(13)19(25)23-17/h2-10,12H,11H2,1H3,(H,22,24)(H,23,25)/t12-/m1/s1. The summed E-state index contributed by atoms with van der Waals surface area (Å²) in [5, 5.41) is 4.29. The van der Waals surface area contributed by atoms with E-state index in [2.05, 4.69) is 10.3 Å². The zero-order valence-electron chi connectivity index (χ0n) is 14.5. The number of ether oxygens (including phenoxy) is 1. The maximum Gasteiger partial charge on any atom is 0.355 e. The molecule has 1 atom stereocenters. The lowest BCUT2D eigenvalue weighted by atomic mass is 10.1. The Balaban J connectivity index is 1.65. The Kier molecular flexibility index (Phi) is 5.57. The zero-order valence-corrected chi connectivity index (χ0v) is 15.2. The molecular weight excluding hydrogens is 368 g/mol. The highest BCUT2D eigenvalue weighted by Crippen LogP contribution is 2.14. The number of hydrogen-bond acceptors (Lipinski definition) is 4. The molecule has 2 N–H and O–H groups in total. The van der Waals surface area contributed by atoms with E-state index >= 15 is 0 Å². The van der Waals surface area contributed by atoms with Gasteiger partial charge in [-0.15, -0.1) is 0 Å². The van der Waals surface area contributed by atoms with Crippen molar-refractivity contribution in [3.63, 3.8) is 0 Å². The first-order valence-electron chi connectivity index (χ1n) is 8.30. The number of nitrogens with one attached hydrogen (secondary N) is 2. The van der Waals surface area contributed by atoms with E-state index in [1.165, 1.54) is 13.0 Å². The average Bonchev–Trinajstić information content (AvgIpc) is 2.67. The van der Waals surface area contributed by atoms with Gasteiger partial charge in [-0.3, -0.25) is 9.59 Å². The molecule has 0 spiro atoms. The van der Waals surface area contributed by atoms with Gasteiger partial charge in [0.2, 0.25) is 0 Å². The van der Waals surface area contributed by atoms with E-state index in [9.17, 15) is 14.4 Å². The van der Waals surface area contributed by atoms with Crippen LogP contribution in [0.1, 0.15) is 23.0 Å². The van der Waals surface area contributed by atoms with Crippen LogP contribution in [0.5, 0.6) is 0 Å². The Morgan fingerprint density at radius 3 is 2.63 bits per heavy atom. The molecule has 0 aliphatic carbocycles. The van der Waals surface area contributed by atoms with Gasteiger partial charge in [-0.2, -0.15) is 0 Å². The summed E-state index contributed by atoms with van der Waals surface area (Å²) in [5.74, 6) is -1.25. The maximum absolute atomic E-state index is 12.3. The van der Waals surface area contributed by atoms with Crippen molar-refractivity contribution in [3.8, 4) is 0 Å². The van der Waals surface area contributed by atoms with Crippen LogP contribution in [0.4, 0.5) is 0 Å². The zero-order chi connectivity index (χ0) is 19.4. The van der Waals surface area contributed by atoms with Crippen LogP contribution in [0.15, 0.2) is 59.4 Å². The Morgan fingerprint density at radius 1 is 1.15 bits per heavy atom. The molecule has 0 saturated carbocycles. The monoisotopic (exact) mass is 384 g/mol. The molecule has 1 heterocycles. The molecule has 0 radical (unpaired) electrons. The maximum atomic E-state index is 12.3. The van der Waals surface area contributed by atoms with Crippen molar-refractivity contribution in [3.05, 3.63) is 81.2 Å². The molecule has 6 nitrogen and oxygen atoms in total. The van der Waals surface area contributed by atoms with Crippen molar-refractivity contribution in [2.45, 2.75) is 19.6 Å². The van der Waals surface area contributed by atoms with E-state index in [1.807, 2.05) is 6.07 Å². The molecule has 7 heteroatoms. The van der Waals surface area contributed by atoms with E-state index in [0.29, 0.717) is 15.8 Å². The molecular formula is C20H17ClN2O4. The average molecular weight is 385 g/mol. The summed E-state index contributed by atoms with van der Waals surface area (Å²) >= 11 is 6.04. The third kappa shape index (κ3) is 4.35. The predicted molar refractivity (Wildman–Crippen MR) is 103 cm³/mol. The lowest BCUT2D eigenvalue weighted by Crippen LogP contribution is -2.35. The highest BCUT2D eigenvalue weighted by atomic mass is 35.5. The van der Waals surface area contributed by atoms with Gasteiger partial charge in [-0.05, 0) is 36.1 Å². The molecule has 1 aromatic heterocycles.